The largest absolute Gasteiger partial charge is 0.465 e. The second kappa shape index (κ2) is 6.38. The van der Waals surface area contributed by atoms with Gasteiger partial charge in [0.05, 0.1) is 5.92 Å². The van der Waals surface area contributed by atoms with Crippen LogP contribution < -0.4 is 0 Å². The van der Waals surface area contributed by atoms with E-state index in [0.29, 0.717) is 9.37 Å². The van der Waals surface area contributed by atoms with Gasteiger partial charge in [-0.1, -0.05) is 28.1 Å². The van der Waals surface area contributed by atoms with Crippen LogP contribution in [0.3, 0.4) is 0 Å². The van der Waals surface area contributed by atoms with Crippen molar-refractivity contribution in [3.8, 4) is 0 Å². The average molecular weight is 395 g/mol. The van der Waals surface area contributed by atoms with Crippen LogP contribution in [-0.4, -0.2) is 53.2 Å². The van der Waals surface area contributed by atoms with Crippen LogP contribution in [0.5, 0.6) is 0 Å². The van der Waals surface area contributed by atoms with Crippen molar-refractivity contribution in [3.63, 3.8) is 0 Å². The first kappa shape index (κ1) is 17.6. The van der Waals surface area contributed by atoms with E-state index >= 15 is 0 Å². The van der Waals surface area contributed by atoms with Crippen LogP contribution in [0.25, 0.3) is 0 Å². The highest BCUT2D eigenvalue weighted by Gasteiger charge is 2.48. The van der Waals surface area contributed by atoms with Crippen molar-refractivity contribution < 1.29 is 27.9 Å². The van der Waals surface area contributed by atoms with Crippen LogP contribution in [-0.2, 0) is 4.79 Å². The number of likely N-dealkylation sites (tertiary alicyclic amines) is 1. The summed E-state index contributed by atoms with van der Waals surface area (Å²) in [6.45, 7) is -0.160. The quantitative estimate of drug-likeness (QED) is 0.856. The smallest absolute Gasteiger partial charge is 0.413 e. The molecular formula is C14H14BrF3N2O3. The maximum atomic E-state index is 13.4. The summed E-state index contributed by atoms with van der Waals surface area (Å²) in [6, 6.07) is 3.48. The lowest BCUT2D eigenvalue weighted by atomic mass is 9.97. The van der Waals surface area contributed by atoms with Gasteiger partial charge < -0.3 is 14.9 Å². The Morgan fingerprint density at radius 2 is 1.83 bits per heavy atom. The fraction of sp³-hybridized carbons (Fsp3) is 0.429. The van der Waals surface area contributed by atoms with E-state index in [4.69, 9.17) is 5.11 Å². The summed E-state index contributed by atoms with van der Waals surface area (Å²) in [4.78, 5) is 24.5. The van der Waals surface area contributed by atoms with Crippen LogP contribution in [0.4, 0.5) is 18.0 Å². The lowest BCUT2D eigenvalue weighted by Gasteiger charge is -2.40. The van der Waals surface area contributed by atoms with Gasteiger partial charge in [0.15, 0.2) is 6.04 Å². The van der Waals surface area contributed by atoms with Gasteiger partial charge in [-0.25, -0.2) is 4.79 Å². The van der Waals surface area contributed by atoms with E-state index < -0.39 is 30.1 Å². The van der Waals surface area contributed by atoms with Crippen molar-refractivity contribution in [2.75, 3.05) is 20.1 Å². The Labute approximate surface area is 138 Å². The molecule has 1 aliphatic heterocycles. The molecule has 2 rings (SSSR count). The lowest BCUT2D eigenvalue weighted by Crippen LogP contribution is -2.56. The zero-order chi connectivity index (χ0) is 17.4. The van der Waals surface area contributed by atoms with E-state index in [1.54, 1.807) is 0 Å². The Hall–Kier alpha value is -1.77. The number of benzene rings is 1. The van der Waals surface area contributed by atoms with Gasteiger partial charge >= 0.3 is 12.3 Å². The number of nitrogens with zero attached hydrogens (tertiary/aromatic N) is 2. The molecule has 1 saturated heterocycles. The standard InChI is InChI=1S/C14H14BrF3N2O3/c1-19(12(21)9-6-20(7-9)13(22)23)11(14(16,17)18)8-2-4-10(15)5-3-8/h2-5,9,11H,6-7H2,1H3,(H,22,23)/t11-/m0/s1. The van der Waals surface area contributed by atoms with Gasteiger partial charge in [0, 0.05) is 24.6 Å². The fourth-order valence-corrected chi connectivity index (χ4v) is 2.75. The molecule has 0 spiro atoms. The third-order valence-electron chi connectivity index (χ3n) is 3.73. The molecule has 2 amide bonds. The number of alkyl halides is 3. The first-order valence-corrected chi connectivity index (χ1v) is 7.47. The van der Waals surface area contributed by atoms with Crippen LogP contribution in [0.1, 0.15) is 11.6 Å². The Morgan fingerprint density at radius 1 is 1.30 bits per heavy atom. The van der Waals surface area contributed by atoms with Crippen molar-refractivity contribution in [1.29, 1.82) is 0 Å². The molecule has 0 aliphatic carbocycles. The Balaban J connectivity index is 2.18. The van der Waals surface area contributed by atoms with Crippen molar-refractivity contribution >= 4 is 27.9 Å². The third kappa shape index (κ3) is 3.77. The summed E-state index contributed by atoms with van der Waals surface area (Å²) in [5.41, 5.74) is -0.0500. The number of carbonyl (C=O) groups excluding carboxylic acids is 1. The number of carbonyl (C=O) groups is 2. The molecule has 0 unspecified atom stereocenters. The van der Waals surface area contributed by atoms with E-state index in [-0.39, 0.29) is 18.7 Å². The zero-order valence-electron chi connectivity index (χ0n) is 12.0. The van der Waals surface area contributed by atoms with E-state index in [0.717, 1.165) is 11.9 Å². The number of carboxylic acid groups (broad SMARTS) is 1. The molecule has 23 heavy (non-hydrogen) atoms. The highest BCUT2D eigenvalue weighted by Crippen LogP contribution is 2.38. The molecule has 1 aromatic carbocycles. The fourth-order valence-electron chi connectivity index (χ4n) is 2.48. The van der Waals surface area contributed by atoms with Crippen LogP contribution in [0.2, 0.25) is 0 Å². The number of hydrogen-bond acceptors (Lipinski definition) is 2. The molecular weight excluding hydrogens is 381 g/mol. The van der Waals surface area contributed by atoms with Crippen molar-refractivity contribution in [1.82, 2.24) is 9.80 Å². The molecule has 0 radical (unpaired) electrons. The molecule has 126 valence electrons. The van der Waals surface area contributed by atoms with Gasteiger partial charge in [-0.05, 0) is 17.7 Å². The molecule has 1 fully saturated rings. The average Bonchev–Trinajstić information content (AvgIpc) is 2.37. The van der Waals surface area contributed by atoms with Crippen molar-refractivity contribution in [2.45, 2.75) is 12.2 Å². The highest BCUT2D eigenvalue weighted by molar-refractivity contribution is 9.10. The molecule has 0 bridgehead atoms. The number of amides is 2. The van der Waals surface area contributed by atoms with Crippen LogP contribution >= 0.6 is 15.9 Å². The van der Waals surface area contributed by atoms with E-state index in [9.17, 15) is 22.8 Å². The highest BCUT2D eigenvalue weighted by atomic mass is 79.9. The van der Waals surface area contributed by atoms with Gasteiger partial charge in [-0.15, -0.1) is 0 Å². The predicted molar refractivity (Wildman–Crippen MR) is 78.8 cm³/mol. The third-order valence-corrected chi connectivity index (χ3v) is 4.26. The molecule has 0 aromatic heterocycles. The number of rotatable bonds is 3. The van der Waals surface area contributed by atoms with Gasteiger partial charge in [-0.2, -0.15) is 13.2 Å². The van der Waals surface area contributed by atoms with E-state index in [1.807, 2.05) is 0 Å². The van der Waals surface area contributed by atoms with Gasteiger partial charge in [-0.3, -0.25) is 4.79 Å². The summed E-state index contributed by atoms with van der Waals surface area (Å²) in [5.74, 6) is -1.45. The van der Waals surface area contributed by atoms with E-state index in [1.165, 1.54) is 24.3 Å². The number of halogens is 4. The lowest BCUT2D eigenvalue weighted by molar-refractivity contribution is -0.192. The second-order valence-electron chi connectivity index (χ2n) is 5.33. The topological polar surface area (TPSA) is 60.9 Å². The van der Waals surface area contributed by atoms with Crippen molar-refractivity contribution in [2.24, 2.45) is 5.92 Å². The maximum Gasteiger partial charge on any atom is 0.413 e. The molecule has 1 aliphatic rings. The monoisotopic (exact) mass is 394 g/mol. The first-order valence-electron chi connectivity index (χ1n) is 6.68. The molecule has 1 N–H and O–H groups in total. The zero-order valence-corrected chi connectivity index (χ0v) is 13.6. The predicted octanol–water partition coefficient (Wildman–Crippen LogP) is 3.12. The normalized spacial score (nSPS) is 16.7. The summed E-state index contributed by atoms with van der Waals surface area (Å²) in [7, 11) is 1.09. The van der Waals surface area contributed by atoms with Crippen LogP contribution in [0, 0.1) is 5.92 Å². The minimum Gasteiger partial charge on any atom is -0.465 e. The molecule has 1 heterocycles. The minimum atomic E-state index is -4.63. The Morgan fingerprint density at radius 3 is 2.26 bits per heavy atom. The van der Waals surface area contributed by atoms with Gasteiger partial charge in [0.25, 0.3) is 0 Å². The summed E-state index contributed by atoms with van der Waals surface area (Å²) in [5, 5.41) is 8.73. The second-order valence-corrected chi connectivity index (χ2v) is 6.24. The molecule has 9 heteroatoms. The first-order chi connectivity index (χ1) is 10.6. The SMILES string of the molecule is CN(C(=O)C1CN(C(=O)O)C1)[C@@H](c1ccc(Br)cc1)C(F)(F)F. The Kier molecular flexibility index (Phi) is 4.88. The van der Waals surface area contributed by atoms with Gasteiger partial charge in [0.1, 0.15) is 0 Å². The summed E-state index contributed by atoms with van der Waals surface area (Å²) in [6.07, 6.45) is -5.81. The Bertz CT molecular complexity index is 600. The molecule has 1 atom stereocenters. The summed E-state index contributed by atoms with van der Waals surface area (Å²) >= 11 is 3.15. The molecule has 0 saturated carbocycles. The van der Waals surface area contributed by atoms with Gasteiger partial charge in [0.2, 0.25) is 5.91 Å². The van der Waals surface area contributed by atoms with Crippen LogP contribution in [0.15, 0.2) is 28.7 Å². The van der Waals surface area contributed by atoms with E-state index in [2.05, 4.69) is 15.9 Å². The van der Waals surface area contributed by atoms with Crippen molar-refractivity contribution in [3.05, 3.63) is 34.3 Å². The minimum absolute atomic E-state index is 0.0500. The summed E-state index contributed by atoms with van der Waals surface area (Å²) < 4.78 is 40.8. The maximum absolute atomic E-state index is 13.4. The number of hydrogen-bond donors (Lipinski definition) is 1. The molecule has 5 nitrogen and oxygen atoms in total. The molecule has 1 aromatic rings.